The number of nitrogens with one attached hydrogen (secondary N) is 1. The van der Waals surface area contributed by atoms with E-state index in [0.29, 0.717) is 13.2 Å². The van der Waals surface area contributed by atoms with E-state index in [1.165, 1.54) is 0 Å². The maximum absolute atomic E-state index is 11.8. The third kappa shape index (κ3) is 2.52. The summed E-state index contributed by atoms with van der Waals surface area (Å²) in [7, 11) is 1.65. The molecule has 0 aromatic rings. The Labute approximate surface area is 102 Å². The second-order valence-electron chi connectivity index (χ2n) is 4.88. The summed E-state index contributed by atoms with van der Waals surface area (Å²) in [5, 5.41) is 3.31. The number of nitrogens with two attached hydrogens (primary N) is 1. The van der Waals surface area contributed by atoms with Crippen LogP contribution >= 0.6 is 11.8 Å². The lowest BCUT2D eigenvalue weighted by Crippen LogP contribution is -2.67. The third-order valence-electron chi connectivity index (χ3n) is 3.50. The smallest absolute Gasteiger partial charge is 0.239 e. The minimum absolute atomic E-state index is 0.0994. The van der Waals surface area contributed by atoms with Crippen LogP contribution in [0.5, 0.6) is 0 Å². The molecule has 0 saturated carbocycles. The SMILES string of the molecule is COCCNC1(C(N)=O)CSCCC1(C)C. The van der Waals surface area contributed by atoms with Gasteiger partial charge in [-0.3, -0.25) is 10.1 Å². The van der Waals surface area contributed by atoms with Crippen molar-refractivity contribution in [1.29, 1.82) is 0 Å². The molecule has 1 saturated heterocycles. The Kier molecular flexibility index (Phi) is 4.64. The summed E-state index contributed by atoms with van der Waals surface area (Å²) < 4.78 is 5.00. The van der Waals surface area contributed by atoms with E-state index in [2.05, 4.69) is 19.2 Å². The standard InChI is InChI=1S/C11H22N2O2S/c1-10(2)4-7-16-8-11(10,9(12)14)13-5-6-15-3/h13H,4-8H2,1-3H3,(H2,12,14). The summed E-state index contributed by atoms with van der Waals surface area (Å²) in [4.78, 5) is 11.8. The van der Waals surface area contributed by atoms with Gasteiger partial charge >= 0.3 is 0 Å². The summed E-state index contributed by atoms with van der Waals surface area (Å²) in [6.45, 7) is 5.47. The highest BCUT2D eigenvalue weighted by atomic mass is 32.2. The number of carbonyl (C=O) groups is 1. The van der Waals surface area contributed by atoms with Gasteiger partial charge in [0.1, 0.15) is 5.54 Å². The van der Waals surface area contributed by atoms with Gasteiger partial charge in [-0.2, -0.15) is 11.8 Å². The summed E-state index contributed by atoms with van der Waals surface area (Å²) in [5.74, 6) is 1.59. The zero-order valence-electron chi connectivity index (χ0n) is 10.3. The number of hydrogen-bond acceptors (Lipinski definition) is 4. The Hall–Kier alpha value is -0.260. The van der Waals surface area contributed by atoms with Crippen LogP contribution in [0.1, 0.15) is 20.3 Å². The molecule has 3 N–H and O–H groups in total. The topological polar surface area (TPSA) is 64.3 Å². The van der Waals surface area contributed by atoms with Crippen molar-refractivity contribution >= 4 is 17.7 Å². The minimum Gasteiger partial charge on any atom is -0.383 e. The van der Waals surface area contributed by atoms with E-state index in [1.807, 2.05) is 0 Å². The van der Waals surface area contributed by atoms with Crippen molar-refractivity contribution < 1.29 is 9.53 Å². The van der Waals surface area contributed by atoms with Crippen LogP contribution < -0.4 is 11.1 Å². The summed E-state index contributed by atoms with van der Waals surface area (Å²) in [5.41, 5.74) is 4.90. The van der Waals surface area contributed by atoms with Crippen molar-refractivity contribution in [1.82, 2.24) is 5.32 Å². The molecule has 1 unspecified atom stereocenters. The number of primary amides is 1. The predicted molar refractivity (Wildman–Crippen MR) is 67.5 cm³/mol. The first kappa shape index (κ1) is 13.8. The number of amides is 1. The van der Waals surface area contributed by atoms with E-state index in [0.717, 1.165) is 17.9 Å². The van der Waals surface area contributed by atoms with Crippen LogP contribution in [-0.4, -0.2) is 43.2 Å². The fourth-order valence-corrected chi connectivity index (χ4v) is 3.85. The molecule has 94 valence electrons. The first-order valence-electron chi connectivity index (χ1n) is 5.58. The molecule has 0 radical (unpaired) electrons. The Balaban J connectivity index is 2.81. The number of thioether (sulfide) groups is 1. The maximum Gasteiger partial charge on any atom is 0.239 e. The molecule has 1 rings (SSSR count). The van der Waals surface area contributed by atoms with Gasteiger partial charge in [-0.25, -0.2) is 0 Å². The van der Waals surface area contributed by atoms with E-state index in [4.69, 9.17) is 10.5 Å². The largest absolute Gasteiger partial charge is 0.383 e. The van der Waals surface area contributed by atoms with Crippen LogP contribution in [0.4, 0.5) is 0 Å². The number of rotatable bonds is 5. The van der Waals surface area contributed by atoms with Gasteiger partial charge in [-0.15, -0.1) is 0 Å². The molecule has 0 aliphatic carbocycles. The second-order valence-corrected chi connectivity index (χ2v) is 5.98. The lowest BCUT2D eigenvalue weighted by atomic mass is 9.70. The van der Waals surface area contributed by atoms with E-state index in [-0.39, 0.29) is 11.3 Å². The molecule has 0 bridgehead atoms. The van der Waals surface area contributed by atoms with Crippen molar-refractivity contribution in [2.45, 2.75) is 25.8 Å². The van der Waals surface area contributed by atoms with Gasteiger partial charge < -0.3 is 10.5 Å². The van der Waals surface area contributed by atoms with Gasteiger partial charge in [0.2, 0.25) is 5.91 Å². The number of methoxy groups -OCH3 is 1. The minimum atomic E-state index is -0.603. The van der Waals surface area contributed by atoms with Crippen LogP contribution in [0.3, 0.4) is 0 Å². The van der Waals surface area contributed by atoms with Crippen molar-refractivity contribution in [3.63, 3.8) is 0 Å². The lowest BCUT2D eigenvalue weighted by Gasteiger charge is -2.48. The molecule has 0 aromatic heterocycles. The zero-order valence-corrected chi connectivity index (χ0v) is 11.2. The van der Waals surface area contributed by atoms with Gasteiger partial charge in [0.05, 0.1) is 6.61 Å². The van der Waals surface area contributed by atoms with Crippen LogP contribution in [0, 0.1) is 5.41 Å². The molecule has 1 fully saturated rings. The average molecular weight is 246 g/mol. The summed E-state index contributed by atoms with van der Waals surface area (Å²) in [6, 6.07) is 0. The summed E-state index contributed by atoms with van der Waals surface area (Å²) in [6.07, 6.45) is 1.00. The highest BCUT2D eigenvalue weighted by Gasteiger charge is 2.51. The van der Waals surface area contributed by atoms with E-state index in [9.17, 15) is 4.79 Å². The van der Waals surface area contributed by atoms with Gasteiger partial charge in [-0.1, -0.05) is 13.8 Å². The highest BCUT2D eigenvalue weighted by Crippen LogP contribution is 2.42. The van der Waals surface area contributed by atoms with Crippen molar-refractivity contribution in [3.8, 4) is 0 Å². The molecule has 1 atom stereocenters. The van der Waals surface area contributed by atoms with E-state index in [1.54, 1.807) is 18.9 Å². The van der Waals surface area contributed by atoms with E-state index < -0.39 is 5.54 Å². The fraction of sp³-hybridized carbons (Fsp3) is 0.909. The van der Waals surface area contributed by atoms with Crippen LogP contribution in [0.25, 0.3) is 0 Å². The van der Waals surface area contributed by atoms with Crippen LogP contribution in [0.15, 0.2) is 0 Å². The first-order valence-corrected chi connectivity index (χ1v) is 6.73. The number of ether oxygens (including phenoxy) is 1. The molecule has 1 amide bonds. The maximum atomic E-state index is 11.8. The quantitative estimate of drug-likeness (QED) is 0.698. The molecule has 1 aliphatic rings. The molecule has 5 heteroatoms. The van der Waals surface area contributed by atoms with Crippen molar-refractivity contribution in [2.24, 2.45) is 11.1 Å². The highest BCUT2D eigenvalue weighted by molar-refractivity contribution is 7.99. The van der Waals surface area contributed by atoms with Gasteiger partial charge in [0, 0.05) is 19.4 Å². The zero-order chi connectivity index (χ0) is 12.2. The average Bonchev–Trinajstić information content (AvgIpc) is 2.20. The molecule has 1 aliphatic heterocycles. The van der Waals surface area contributed by atoms with Crippen LogP contribution in [0.2, 0.25) is 0 Å². The van der Waals surface area contributed by atoms with Crippen molar-refractivity contribution in [3.05, 3.63) is 0 Å². The Morgan fingerprint density at radius 3 is 2.75 bits per heavy atom. The van der Waals surface area contributed by atoms with E-state index >= 15 is 0 Å². The molecule has 16 heavy (non-hydrogen) atoms. The molecule has 0 spiro atoms. The normalized spacial score (nSPS) is 28.9. The van der Waals surface area contributed by atoms with Gasteiger partial charge in [-0.05, 0) is 17.6 Å². The monoisotopic (exact) mass is 246 g/mol. The van der Waals surface area contributed by atoms with Crippen molar-refractivity contribution in [2.75, 3.05) is 31.8 Å². The Morgan fingerprint density at radius 1 is 1.56 bits per heavy atom. The Morgan fingerprint density at radius 2 is 2.25 bits per heavy atom. The molecule has 4 nitrogen and oxygen atoms in total. The predicted octanol–water partition coefficient (Wildman–Crippen LogP) is 0.610. The summed E-state index contributed by atoms with van der Waals surface area (Å²) >= 11 is 1.79. The third-order valence-corrected chi connectivity index (χ3v) is 4.63. The van der Waals surface area contributed by atoms with Gasteiger partial charge in [0.15, 0.2) is 0 Å². The number of carbonyl (C=O) groups excluding carboxylic acids is 1. The van der Waals surface area contributed by atoms with Crippen LogP contribution in [-0.2, 0) is 9.53 Å². The number of hydrogen-bond donors (Lipinski definition) is 2. The first-order chi connectivity index (χ1) is 7.46. The molecular weight excluding hydrogens is 224 g/mol. The molecule has 1 heterocycles. The second kappa shape index (κ2) is 5.38. The fourth-order valence-electron chi connectivity index (χ4n) is 2.11. The molecular formula is C11H22N2O2S. The lowest BCUT2D eigenvalue weighted by molar-refractivity contribution is -0.128. The Bertz CT molecular complexity index is 258. The molecule has 0 aromatic carbocycles. The van der Waals surface area contributed by atoms with Gasteiger partial charge in [0.25, 0.3) is 0 Å².